The second-order valence-electron chi connectivity index (χ2n) is 5.67. The maximum Gasteiger partial charge on any atom is 0.243 e. The molecule has 0 bridgehead atoms. The average molecular weight is 380 g/mol. The van der Waals surface area contributed by atoms with Crippen molar-refractivity contribution in [2.75, 3.05) is 0 Å². The predicted molar refractivity (Wildman–Crippen MR) is 89.3 cm³/mol. The van der Waals surface area contributed by atoms with Gasteiger partial charge in [0.15, 0.2) is 10.7 Å². The normalized spacial score (nSPS) is 11.7. The van der Waals surface area contributed by atoms with Gasteiger partial charge in [0, 0.05) is 5.56 Å². The molecule has 0 aliphatic carbocycles. The molecule has 26 heavy (non-hydrogen) atoms. The van der Waals surface area contributed by atoms with Crippen LogP contribution in [-0.4, -0.2) is 18.7 Å². The minimum absolute atomic E-state index is 0.0105. The highest BCUT2D eigenvalue weighted by molar-refractivity contribution is 7.89. The number of hydrogen-bond donors (Lipinski definition) is 2. The maximum atomic E-state index is 14.2. The molecule has 6 nitrogen and oxygen atoms in total. The molecular weight excluding hydrogens is 366 g/mol. The van der Waals surface area contributed by atoms with Gasteiger partial charge in [0.05, 0.1) is 5.56 Å². The third-order valence-electron chi connectivity index (χ3n) is 3.77. The number of sulfonamides is 1. The molecule has 3 rings (SSSR count). The smallest absolute Gasteiger partial charge is 0.243 e. The van der Waals surface area contributed by atoms with Gasteiger partial charge in [0.2, 0.25) is 10.0 Å². The SMILES string of the molecule is Cc1cccc(-c2noc(CO)c2-c2cc(F)c(S(N)(=O)=O)c(F)c2)c1. The molecule has 9 heteroatoms. The van der Waals surface area contributed by atoms with E-state index in [2.05, 4.69) is 5.16 Å². The summed E-state index contributed by atoms with van der Waals surface area (Å²) in [6.07, 6.45) is 0. The molecule has 2 aromatic carbocycles. The van der Waals surface area contributed by atoms with E-state index in [1.807, 2.05) is 13.0 Å². The summed E-state index contributed by atoms with van der Waals surface area (Å²) in [5.41, 5.74) is 1.93. The molecule has 1 aromatic heterocycles. The molecule has 136 valence electrons. The summed E-state index contributed by atoms with van der Waals surface area (Å²) in [7, 11) is -4.57. The molecule has 0 spiro atoms. The molecule has 0 radical (unpaired) electrons. The van der Waals surface area contributed by atoms with Crippen molar-refractivity contribution in [3.8, 4) is 22.4 Å². The van der Waals surface area contributed by atoms with E-state index in [9.17, 15) is 22.3 Å². The zero-order valence-electron chi connectivity index (χ0n) is 13.5. The van der Waals surface area contributed by atoms with Crippen molar-refractivity contribution in [1.29, 1.82) is 0 Å². The van der Waals surface area contributed by atoms with Gasteiger partial charge < -0.3 is 9.63 Å². The van der Waals surface area contributed by atoms with Crippen LogP contribution in [0.2, 0.25) is 0 Å². The summed E-state index contributed by atoms with van der Waals surface area (Å²) >= 11 is 0. The monoisotopic (exact) mass is 380 g/mol. The third-order valence-corrected chi connectivity index (χ3v) is 4.73. The quantitative estimate of drug-likeness (QED) is 0.724. The van der Waals surface area contributed by atoms with E-state index in [1.54, 1.807) is 18.2 Å². The van der Waals surface area contributed by atoms with Gasteiger partial charge >= 0.3 is 0 Å². The molecule has 0 aliphatic heterocycles. The molecule has 0 unspecified atom stereocenters. The van der Waals surface area contributed by atoms with E-state index in [0.717, 1.165) is 17.7 Å². The van der Waals surface area contributed by atoms with E-state index in [-0.39, 0.29) is 22.6 Å². The fourth-order valence-electron chi connectivity index (χ4n) is 2.70. The van der Waals surface area contributed by atoms with Crippen molar-refractivity contribution >= 4 is 10.0 Å². The molecule has 0 fully saturated rings. The minimum atomic E-state index is -4.57. The van der Waals surface area contributed by atoms with Crippen molar-refractivity contribution < 1.29 is 26.8 Å². The van der Waals surface area contributed by atoms with Gasteiger partial charge in [-0.15, -0.1) is 0 Å². The first-order valence-corrected chi connectivity index (χ1v) is 8.95. The second-order valence-corrected chi connectivity index (χ2v) is 7.17. The van der Waals surface area contributed by atoms with Crippen molar-refractivity contribution in [2.45, 2.75) is 18.4 Å². The topological polar surface area (TPSA) is 106 Å². The molecule has 0 saturated heterocycles. The fourth-order valence-corrected chi connectivity index (χ4v) is 3.36. The molecule has 1 heterocycles. The van der Waals surface area contributed by atoms with Gasteiger partial charge in [0.25, 0.3) is 0 Å². The predicted octanol–water partition coefficient (Wildman–Crippen LogP) is 2.73. The van der Waals surface area contributed by atoms with Gasteiger partial charge in [-0.3, -0.25) is 0 Å². The number of aliphatic hydroxyl groups is 1. The zero-order valence-corrected chi connectivity index (χ0v) is 14.3. The summed E-state index contributed by atoms with van der Waals surface area (Å²) in [6, 6.07) is 8.76. The molecule has 0 amide bonds. The first-order chi connectivity index (χ1) is 12.2. The Morgan fingerprint density at radius 3 is 2.35 bits per heavy atom. The number of aryl methyl sites for hydroxylation is 1. The molecular formula is C17H14F2N2O4S. The number of hydrogen-bond acceptors (Lipinski definition) is 5. The van der Waals surface area contributed by atoms with Crippen molar-refractivity contribution in [3.63, 3.8) is 0 Å². The Morgan fingerprint density at radius 2 is 1.81 bits per heavy atom. The van der Waals surface area contributed by atoms with Gasteiger partial charge in [0.1, 0.15) is 23.9 Å². The number of nitrogens with two attached hydrogens (primary N) is 1. The van der Waals surface area contributed by atoms with Crippen LogP contribution in [0.3, 0.4) is 0 Å². The fraction of sp³-hybridized carbons (Fsp3) is 0.118. The first kappa shape index (κ1) is 18.2. The largest absolute Gasteiger partial charge is 0.388 e. The van der Waals surface area contributed by atoms with E-state index >= 15 is 0 Å². The maximum absolute atomic E-state index is 14.2. The van der Waals surface area contributed by atoms with Gasteiger partial charge in [-0.25, -0.2) is 22.3 Å². The van der Waals surface area contributed by atoms with Gasteiger partial charge in [-0.2, -0.15) is 0 Å². The van der Waals surface area contributed by atoms with Crippen molar-refractivity contribution in [2.24, 2.45) is 5.14 Å². The van der Waals surface area contributed by atoms with E-state index < -0.39 is 33.2 Å². The van der Waals surface area contributed by atoms with Gasteiger partial charge in [-0.1, -0.05) is 28.9 Å². The van der Waals surface area contributed by atoms with E-state index in [0.29, 0.717) is 5.56 Å². The van der Waals surface area contributed by atoms with Crippen LogP contribution < -0.4 is 5.14 Å². The number of benzene rings is 2. The molecule has 0 atom stereocenters. The Morgan fingerprint density at radius 1 is 1.15 bits per heavy atom. The summed E-state index contributed by atoms with van der Waals surface area (Å²) in [5.74, 6) is -2.70. The van der Waals surface area contributed by atoms with Crippen LogP contribution in [0.1, 0.15) is 11.3 Å². The third kappa shape index (κ3) is 3.24. The van der Waals surface area contributed by atoms with Crippen LogP contribution >= 0.6 is 0 Å². The minimum Gasteiger partial charge on any atom is -0.388 e. The second kappa shape index (κ2) is 6.60. The lowest BCUT2D eigenvalue weighted by Crippen LogP contribution is -2.16. The Labute approximate surface area is 147 Å². The Kier molecular flexibility index (Phi) is 4.61. The van der Waals surface area contributed by atoms with Crippen LogP contribution in [0.25, 0.3) is 22.4 Å². The van der Waals surface area contributed by atoms with Crippen LogP contribution in [0, 0.1) is 18.6 Å². The van der Waals surface area contributed by atoms with Crippen molar-refractivity contribution in [3.05, 3.63) is 59.4 Å². The average Bonchev–Trinajstić information content (AvgIpc) is 2.96. The van der Waals surface area contributed by atoms with Crippen LogP contribution in [-0.2, 0) is 16.6 Å². The van der Waals surface area contributed by atoms with Crippen molar-refractivity contribution in [1.82, 2.24) is 5.16 Å². The highest BCUT2D eigenvalue weighted by Crippen LogP contribution is 2.36. The lowest BCUT2D eigenvalue weighted by atomic mass is 9.98. The highest BCUT2D eigenvalue weighted by Gasteiger charge is 2.25. The molecule has 3 aromatic rings. The molecule has 0 aliphatic rings. The van der Waals surface area contributed by atoms with E-state index in [4.69, 9.17) is 9.66 Å². The summed E-state index contributed by atoms with van der Waals surface area (Å²) in [5, 5.41) is 18.2. The Hall–Kier alpha value is -2.62. The van der Waals surface area contributed by atoms with Gasteiger partial charge in [-0.05, 0) is 30.7 Å². The summed E-state index contributed by atoms with van der Waals surface area (Å²) in [6.45, 7) is 1.30. The number of rotatable bonds is 4. The lowest BCUT2D eigenvalue weighted by molar-refractivity contribution is 0.230. The summed E-state index contributed by atoms with van der Waals surface area (Å²) in [4.78, 5) is -1.22. The van der Waals surface area contributed by atoms with E-state index in [1.165, 1.54) is 0 Å². The number of aliphatic hydroxyl groups excluding tert-OH is 1. The Bertz CT molecular complexity index is 1070. The lowest BCUT2D eigenvalue weighted by Gasteiger charge is -2.08. The van der Waals surface area contributed by atoms with Crippen LogP contribution in [0.4, 0.5) is 8.78 Å². The number of primary sulfonamides is 1. The molecule has 0 saturated carbocycles. The zero-order chi connectivity index (χ0) is 19.1. The Balaban J connectivity index is 2.26. The standard InChI is InChI=1S/C17H14F2N2O4S/c1-9-3-2-4-10(5-9)16-15(14(8-22)25-21-16)11-6-12(18)17(13(19)7-11)26(20,23)24/h2-7,22H,8H2,1H3,(H2,20,23,24). The summed E-state index contributed by atoms with van der Waals surface area (Å²) < 4.78 is 56.2. The van der Waals surface area contributed by atoms with Crippen LogP contribution in [0.15, 0.2) is 45.8 Å². The first-order valence-electron chi connectivity index (χ1n) is 7.41. The number of halogens is 2. The highest BCUT2D eigenvalue weighted by atomic mass is 32.2. The number of nitrogens with zero attached hydrogens (tertiary/aromatic N) is 1. The van der Waals surface area contributed by atoms with Crippen LogP contribution in [0.5, 0.6) is 0 Å². The molecule has 3 N–H and O–H groups in total. The number of aromatic nitrogens is 1.